The number of methoxy groups -OCH3 is 2. The molecule has 0 aromatic heterocycles. The number of rotatable bonds is 7. The molecular weight excluding hydrogens is 352 g/mol. The van der Waals surface area contributed by atoms with Crippen molar-refractivity contribution in [3.63, 3.8) is 0 Å². The minimum atomic E-state index is -0.650. The van der Waals surface area contributed by atoms with Crippen LogP contribution in [0, 0.1) is 0 Å². The van der Waals surface area contributed by atoms with Crippen molar-refractivity contribution in [3.05, 3.63) is 53.6 Å². The van der Waals surface area contributed by atoms with Crippen LogP contribution in [-0.2, 0) is 4.74 Å². The average molecular weight is 372 g/mol. The highest BCUT2D eigenvalue weighted by molar-refractivity contribution is 5.94. The van der Waals surface area contributed by atoms with Crippen LogP contribution in [0.5, 0.6) is 17.2 Å². The van der Waals surface area contributed by atoms with Gasteiger partial charge in [0.05, 0.1) is 27.0 Å². The molecule has 0 saturated heterocycles. The number of ether oxygens (including phenoxy) is 4. The second kappa shape index (κ2) is 9.81. The number of hydrogen-bond donors (Lipinski definition) is 1. The van der Waals surface area contributed by atoms with E-state index in [1.165, 1.54) is 20.4 Å². The van der Waals surface area contributed by atoms with Crippen LogP contribution in [0.25, 0.3) is 0 Å². The second-order valence-corrected chi connectivity index (χ2v) is 5.09. The van der Waals surface area contributed by atoms with Gasteiger partial charge in [0.15, 0.2) is 11.5 Å². The van der Waals surface area contributed by atoms with Crippen molar-refractivity contribution < 1.29 is 28.5 Å². The molecule has 0 spiro atoms. The Morgan fingerprint density at radius 1 is 1.04 bits per heavy atom. The quantitative estimate of drug-likeness (QED) is 0.347. The molecule has 2 aromatic rings. The van der Waals surface area contributed by atoms with Crippen molar-refractivity contribution in [1.82, 2.24) is 5.43 Å². The van der Waals surface area contributed by atoms with E-state index < -0.39 is 12.1 Å². The van der Waals surface area contributed by atoms with Crippen LogP contribution >= 0.6 is 0 Å². The van der Waals surface area contributed by atoms with E-state index >= 15 is 0 Å². The number of carbonyl (C=O) groups excluding carboxylic acids is 2. The average Bonchev–Trinajstić information content (AvgIpc) is 2.69. The van der Waals surface area contributed by atoms with E-state index in [2.05, 4.69) is 10.5 Å². The van der Waals surface area contributed by atoms with Gasteiger partial charge in [0.25, 0.3) is 0 Å². The van der Waals surface area contributed by atoms with Gasteiger partial charge in [-0.3, -0.25) is 0 Å². The molecule has 0 radical (unpaired) electrons. The third-order valence-electron chi connectivity index (χ3n) is 3.36. The van der Waals surface area contributed by atoms with Gasteiger partial charge in [0.1, 0.15) is 11.3 Å². The van der Waals surface area contributed by atoms with Gasteiger partial charge in [-0.25, -0.2) is 15.0 Å². The lowest BCUT2D eigenvalue weighted by molar-refractivity contribution is 0.0726. The van der Waals surface area contributed by atoms with Crippen molar-refractivity contribution in [1.29, 1.82) is 0 Å². The fourth-order valence-electron chi connectivity index (χ4n) is 2.14. The van der Waals surface area contributed by atoms with Gasteiger partial charge in [-0.05, 0) is 42.8 Å². The summed E-state index contributed by atoms with van der Waals surface area (Å²) in [5, 5.41) is 3.77. The Hall–Kier alpha value is -3.55. The molecule has 0 saturated carbocycles. The molecule has 1 amide bonds. The zero-order valence-electron chi connectivity index (χ0n) is 15.2. The molecular formula is C19H20N2O6. The first-order valence-corrected chi connectivity index (χ1v) is 8.08. The number of benzene rings is 2. The number of hydrogen-bond acceptors (Lipinski definition) is 7. The Morgan fingerprint density at radius 2 is 1.78 bits per heavy atom. The van der Waals surface area contributed by atoms with Crippen LogP contribution in [0.15, 0.2) is 47.6 Å². The van der Waals surface area contributed by atoms with Gasteiger partial charge in [-0.1, -0.05) is 12.1 Å². The Morgan fingerprint density at radius 3 is 2.48 bits per heavy atom. The topological polar surface area (TPSA) is 95.5 Å². The SMILES string of the molecule is CCOC(=O)N/N=C\c1ccc(OC(=O)c2ccccc2OC)c(OC)c1. The van der Waals surface area contributed by atoms with Crippen molar-refractivity contribution >= 4 is 18.3 Å². The standard InChI is InChI=1S/C19H20N2O6/c1-4-26-19(23)21-20-12-13-9-10-16(17(11-13)25-3)27-18(22)14-7-5-6-8-15(14)24-2/h5-12H,4H2,1-3H3,(H,21,23)/b20-12-. The van der Waals surface area contributed by atoms with Gasteiger partial charge in [0, 0.05) is 0 Å². The zero-order chi connectivity index (χ0) is 19.6. The normalized spacial score (nSPS) is 10.3. The second-order valence-electron chi connectivity index (χ2n) is 5.09. The lowest BCUT2D eigenvalue weighted by atomic mass is 10.2. The molecule has 2 aromatic carbocycles. The third kappa shape index (κ3) is 5.46. The summed E-state index contributed by atoms with van der Waals surface area (Å²) in [6.07, 6.45) is 0.758. The number of carbonyl (C=O) groups is 2. The van der Waals surface area contributed by atoms with E-state index in [1.54, 1.807) is 49.4 Å². The van der Waals surface area contributed by atoms with Gasteiger partial charge >= 0.3 is 12.1 Å². The zero-order valence-corrected chi connectivity index (χ0v) is 15.2. The van der Waals surface area contributed by atoms with Crippen LogP contribution in [0.1, 0.15) is 22.8 Å². The van der Waals surface area contributed by atoms with Crippen LogP contribution < -0.4 is 19.6 Å². The predicted molar refractivity (Wildman–Crippen MR) is 98.7 cm³/mol. The number of para-hydroxylation sites is 1. The van der Waals surface area contributed by atoms with Gasteiger partial charge in [0.2, 0.25) is 0 Å². The van der Waals surface area contributed by atoms with Crippen molar-refractivity contribution in [2.75, 3.05) is 20.8 Å². The van der Waals surface area contributed by atoms with Crippen LogP contribution in [0.2, 0.25) is 0 Å². The summed E-state index contributed by atoms with van der Waals surface area (Å²) in [5.41, 5.74) is 3.14. The van der Waals surface area contributed by atoms with E-state index in [1.807, 2.05) is 0 Å². The number of nitrogens with zero attached hydrogens (tertiary/aromatic N) is 1. The van der Waals surface area contributed by atoms with Gasteiger partial charge < -0.3 is 18.9 Å². The molecule has 1 N–H and O–H groups in total. The van der Waals surface area contributed by atoms with Gasteiger partial charge in [-0.15, -0.1) is 0 Å². The number of nitrogens with one attached hydrogen (secondary N) is 1. The summed E-state index contributed by atoms with van der Waals surface area (Å²) in [4.78, 5) is 23.6. The highest BCUT2D eigenvalue weighted by atomic mass is 16.6. The summed E-state index contributed by atoms with van der Waals surface area (Å²) in [6, 6.07) is 11.6. The van der Waals surface area contributed by atoms with E-state index in [0.29, 0.717) is 22.6 Å². The summed E-state index contributed by atoms with van der Waals surface area (Å²) in [5.74, 6) is 0.411. The summed E-state index contributed by atoms with van der Waals surface area (Å²) in [6.45, 7) is 1.95. The Labute approximate surface area is 156 Å². The minimum Gasteiger partial charge on any atom is -0.496 e. The summed E-state index contributed by atoms with van der Waals surface area (Å²) < 4.78 is 20.5. The maximum absolute atomic E-state index is 12.4. The van der Waals surface area contributed by atoms with Crippen molar-refractivity contribution in [3.8, 4) is 17.2 Å². The Kier molecular flexibility index (Phi) is 7.18. The van der Waals surface area contributed by atoms with Crippen LogP contribution in [0.4, 0.5) is 4.79 Å². The highest BCUT2D eigenvalue weighted by Crippen LogP contribution is 2.29. The maximum Gasteiger partial charge on any atom is 0.427 e. The Bertz CT molecular complexity index is 835. The monoisotopic (exact) mass is 372 g/mol. The largest absolute Gasteiger partial charge is 0.496 e. The lowest BCUT2D eigenvalue weighted by Gasteiger charge is -2.11. The molecule has 0 fully saturated rings. The molecule has 0 aliphatic heterocycles. The van der Waals surface area contributed by atoms with Crippen LogP contribution in [0.3, 0.4) is 0 Å². The minimum absolute atomic E-state index is 0.240. The van der Waals surface area contributed by atoms with Crippen LogP contribution in [-0.4, -0.2) is 39.1 Å². The fourth-order valence-corrected chi connectivity index (χ4v) is 2.14. The smallest absolute Gasteiger partial charge is 0.427 e. The molecule has 2 rings (SSSR count). The van der Waals surface area contributed by atoms with Crippen molar-refractivity contribution in [2.24, 2.45) is 5.10 Å². The molecule has 8 heteroatoms. The molecule has 0 heterocycles. The van der Waals surface area contributed by atoms with E-state index in [4.69, 9.17) is 18.9 Å². The molecule has 0 atom stereocenters. The number of esters is 1. The van der Waals surface area contributed by atoms with Crippen molar-refractivity contribution in [2.45, 2.75) is 6.92 Å². The number of amides is 1. The highest BCUT2D eigenvalue weighted by Gasteiger charge is 2.16. The first-order chi connectivity index (χ1) is 13.1. The summed E-state index contributed by atoms with van der Waals surface area (Å²) in [7, 11) is 2.93. The Balaban J connectivity index is 2.13. The lowest BCUT2D eigenvalue weighted by Crippen LogP contribution is -2.18. The number of hydrazone groups is 1. The van der Waals surface area contributed by atoms with Gasteiger partial charge in [-0.2, -0.15) is 5.10 Å². The molecule has 0 aliphatic rings. The first-order valence-electron chi connectivity index (χ1n) is 8.08. The predicted octanol–water partition coefficient (Wildman–Crippen LogP) is 3.00. The first kappa shape index (κ1) is 19.8. The molecule has 8 nitrogen and oxygen atoms in total. The molecule has 142 valence electrons. The van der Waals surface area contributed by atoms with E-state index in [-0.39, 0.29) is 12.4 Å². The molecule has 27 heavy (non-hydrogen) atoms. The molecule has 0 bridgehead atoms. The maximum atomic E-state index is 12.4. The molecule has 0 unspecified atom stereocenters. The van der Waals surface area contributed by atoms with E-state index in [0.717, 1.165) is 0 Å². The fraction of sp³-hybridized carbons (Fsp3) is 0.211. The molecule has 0 aliphatic carbocycles. The third-order valence-corrected chi connectivity index (χ3v) is 3.36. The van der Waals surface area contributed by atoms with E-state index in [9.17, 15) is 9.59 Å². The summed E-state index contributed by atoms with van der Waals surface area (Å²) >= 11 is 0.